The molecule has 1 unspecified atom stereocenters. The number of urea groups is 1. The number of aromatic nitrogens is 1. The number of aryl methyl sites for hydroxylation is 1. The van der Waals surface area contributed by atoms with Crippen LogP contribution in [0.4, 0.5) is 10.5 Å². The van der Waals surface area contributed by atoms with E-state index in [1.54, 1.807) is 45.0 Å². The molecule has 0 aliphatic heterocycles. The largest absolute Gasteiger partial charge is 0.505 e. The summed E-state index contributed by atoms with van der Waals surface area (Å²) in [5.74, 6) is -0.632. The third-order valence-corrected chi connectivity index (χ3v) is 6.91. The van der Waals surface area contributed by atoms with Crippen LogP contribution in [0.3, 0.4) is 0 Å². The lowest BCUT2D eigenvalue weighted by molar-refractivity contribution is -0.137. The maximum absolute atomic E-state index is 13.5. The highest BCUT2D eigenvalue weighted by atomic mass is 35.5. The van der Waals surface area contributed by atoms with Crippen LogP contribution in [0.15, 0.2) is 41.2 Å². The van der Waals surface area contributed by atoms with Crippen molar-refractivity contribution >= 4 is 29.3 Å². The minimum absolute atomic E-state index is 0.127. The molecule has 1 atom stereocenters. The lowest BCUT2D eigenvalue weighted by atomic mass is 10.0. The molecule has 3 rings (SSSR count). The highest BCUT2D eigenvalue weighted by Gasteiger charge is 2.24. The third kappa shape index (κ3) is 6.87. The number of aromatic hydroxyl groups is 1. The molecule has 0 aliphatic rings. The summed E-state index contributed by atoms with van der Waals surface area (Å²) in [6.45, 7) is 9.72. The molecule has 2 amide bonds. The predicted octanol–water partition coefficient (Wildman–Crippen LogP) is 5.32. The van der Waals surface area contributed by atoms with Crippen molar-refractivity contribution < 1.29 is 29.3 Å². The Morgan fingerprint density at radius 3 is 2.35 bits per heavy atom. The van der Waals surface area contributed by atoms with Crippen LogP contribution in [0.5, 0.6) is 17.2 Å². The molecule has 1 heterocycles. The normalized spacial score (nSPS) is 11.6. The summed E-state index contributed by atoms with van der Waals surface area (Å²) in [4.78, 5) is 38.2. The van der Waals surface area contributed by atoms with E-state index in [0.29, 0.717) is 46.6 Å². The maximum atomic E-state index is 13.5. The van der Waals surface area contributed by atoms with Crippen LogP contribution in [0.1, 0.15) is 54.3 Å². The average molecular weight is 572 g/mol. The molecular weight excluding hydrogens is 538 g/mol. The Morgan fingerprint density at radius 2 is 1.73 bits per heavy atom. The van der Waals surface area contributed by atoms with Crippen molar-refractivity contribution in [2.45, 2.75) is 53.6 Å². The summed E-state index contributed by atoms with van der Waals surface area (Å²) in [7, 11) is 0. The van der Waals surface area contributed by atoms with E-state index in [-0.39, 0.29) is 18.0 Å². The number of benzene rings is 2. The highest BCUT2D eigenvalue weighted by Crippen LogP contribution is 2.32. The third-order valence-electron chi connectivity index (χ3n) is 6.56. The first-order valence-electron chi connectivity index (χ1n) is 12.8. The first kappa shape index (κ1) is 30.4. The number of halogens is 1. The summed E-state index contributed by atoms with van der Waals surface area (Å²) in [6, 6.07) is 8.45. The first-order chi connectivity index (χ1) is 19.0. The van der Waals surface area contributed by atoms with E-state index in [4.69, 9.17) is 21.1 Å². The summed E-state index contributed by atoms with van der Waals surface area (Å²) in [5.41, 5.74) is 2.02. The molecule has 2 aromatic carbocycles. The van der Waals surface area contributed by atoms with Crippen molar-refractivity contribution in [3.8, 4) is 17.2 Å². The van der Waals surface area contributed by atoms with E-state index in [1.165, 1.54) is 4.57 Å². The number of nitrogens with zero attached hydrogens (tertiary/aromatic N) is 1. The Labute approximate surface area is 237 Å². The molecular formula is C29H34ClN3O7. The monoisotopic (exact) mass is 571 g/mol. The van der Waals surface area contributed by atoms with E-state index in [9.17, 15) is 24.6 Å². The number of nitrogens with one attached hydrogen (secondary N) is 2. The number of pyridine rings is 1. The molecule has 0 saturated heterocycles. The fourth-order valence-corrected chi connectivity index (χ4v) is 4.58. The predicted molar refractivity (Wildman–Crippen MR) is 153 cm³/mol. The topological polar surface area (TPSA) is 139 Å². The molecule has 40 heavy (non-hydrogen) atoms. The standard InChI is InChI=1S/C29H34ClN3O7/c1-6-39-23-12-11-19(13-24(23)40-7-2)22(14-25(34)35)31-29(38)32-26-27(36)17(4)18(5)33(28(26)37)15-20-16(3)9-8-10-21(20)30/h8-13,22,36H,6-7,14-15H2,1-5H3,(H,34,35)(H2,31,32,38). The van der Waals surface area contributed by atoms with Crippen molar-refractivity contribution in [3.63, 3.8) is 0 Å². The van der Waals surface area contributed by atoms with Gasteiger partial charge in [-0.25, -0.2) is 4.79 Å². The van der Waals surface area contributed by atoms with E-state index >= 15 is 0 Å². The number of carboxylic acid groups (broad SMARTS) is 1. The molecule has 1 aromatic heterocycles. The van der Waals surface area contributed by atoms with Gasteiger partial charge in [-0.1, -0.05) is 29.8 Å². The second-order valence-electron chi connectivity index (χ2n) is 9.18. The number of ether oxygens (including phenoxy) is 2. The lowest BCUT2D eigenvalue weighted by Crippen LogP contribution is -2.37. The number of carboxylic acids is 1. The van der Waals surface area contributed by atoms with Gasteiger partial charge in [0.25, 0.3) is 5.56 Å². The molecule has 0 fully saturated rings. The zero-order valence-electron chi connectivity index (χ0n) is 23.1. The fraction of sp³-hybridized carbons (Fsp3) is 0.345. The quantitative estimate of drug-likeness (QED) is 0.244. The van der Waals surface area contributed by atoms with Gasteiger partial charge in [0.15, 0.2) is 17.2 Å². The van der Waals surface area contributed by atoms with Gasteiger partial charge >= 0.3 is 12.0 Å². The Morgan fingerprint density at radius 1 is 1.05 bits per heavy atom. The van der Waals surface area contributed by atoms with Gasteiger partial charge in [0.05, 0.1) is 32.2 Å². The van der Waals surface area contributed by atoms with Gasteiger partial charge in [-0.05, 0) is 69.5 Å². The lowest BCUT2D eigenvalue weighted by Gasteiger charge is -2.21. The SMILES string of the molecule is CCOc1ccc(C(CC(=O)O)NC(=O)Nc2c(O)c(C)c(C)n(Cc3c(C)cccc3Cl)c2=O)cc1OCC. The van der Waals surface area contributed by atoms with Gasteiger partial charge in [-0.15, -0.1) is 0 Å². The number of aliphatic carboxylic acids is 1. The Balaban J connectivity index is 1.95. The minimum Gasteiger partial charge on any atom is -0.505 e. The number of anilines is 1. The summed E-state index contributed by atoms with van der Waals surface area (Å²) in [6.07, 6.45) is -0.443. The fourth-order valence-electron chi connectivity index (χ4n) is 4.30. The zero-order valence-corrected chi connectivity index (χ0v) is 23.9. The van der Waals surface area contributed by atoms with Gasteiger partial charge in [0.1, 0.15) is 5.75 Å². The molecule has 0 saturated carbocycles. The summed E-state index contributed by atoms with van der Waals surface area (Å²) in [5, 5.41) is 25.8. The van der Waals surface area contributed by atoms with Crippen molar-refractivity contribution in [1.29, 1.82) is 0 Å². The smallest absolute Gasteiger partial charge is 0.319 e. The number of carbonyl (C=O) groups is 2. The van der Waals surface area contributed by atoms with Crippen molar-refractivity contribution in [2.75, 3.05) is 18.5 Å². The number of hydrogen-bond acceptors (Lipinski definition) is 6. The van der Waals surface area contributed by atoms with Gasteiger partial charge < -0.3 is 34.9 Å². The second-order valence-corrected chi connectivity index (χ2v) is 9.59. The van der Waals surface area contributed by atoms with Crippen molar-refractivity contribution in [2.24, 2.45) is 0 Å². The van der Waals surface area contributed by atoms with Crippen molar-refractivity contribution in [1.82, 2.24) is 9.88 Å². The Hall–Kier alpha value is -4.18. The maximum Gasteiger partial charge on any atom is 0.319 e. The van der Waals surface area contributed by atoms with E-state index in [2.05, 4.69) is 10.6 Å². The van der Waals surface area contributed by atoms with E-state index in [1.807, 2.05) is 26.0 Å². The zero-order chi connectivity index (χ0) is 29.6. The number of hydrogen-bond donors (Lipinski definition) is 4. The number of rotatable bonds is 11. The van der Waals surface area contributed by atoms with Crippen LogP contribution in [-0.2, 0) is 11.3 Å². The van der Waals surface area contributed by atoms with Gasteiger partial charge in [0.2, 0.25) is 0 Å². The molecule has 11 heteroatoms. The van der Waals surface area contributed by atoms with E-state index < -0.39 is 30.0 Å². The molecule has 0 radical (unpaired) electrons. The Bertz CT molecular complexity index is 1450. The second kappa shape index (κ2) is 13.3. The summed E-state index contributed by atoms with van der Waals surface area (Å²) < 4.78 is 12.6. The summed E-state index contributed by atoms with van der Waals surface area (Å²) >= 11 is 6.39. The molecule has 0 aliphatic carbocycles. The highest BCUT2D eigenvalue weighted by molar-refractivity contribution is 6.31. The van der Waals surface area contributed by atoms with Crippen LogP contribution in [0.25, 0.3) is 0 Å². The minimum atomic E-state index is -1.15. The van der Waals surface area contributed by atoms with Gasteiger partial charge in [-0.3, -0.25) is 9.59 Å². The Kier molecular flexibility index (Phi) is 10.1. The first-order valence-corrected chi connectivity index (χ1v) is 13.2. The van der Waals surface area contributed by atoms with E-state index in [0.717, 1.165) is 11.1 Å². The van der Waals surface area contributed by atoms with Gasteiger partial charge in [0, 0.05) is 16.3 Å². The average Bonchev–Trinajstić information content (AvgIpc) is 2.90. The molecule has 4 N–H and O–H groups in total. The van der Waals surface area contributed by atoms with Crippen LogP contribution in [0, 0.1) is 20.8 Å². The number of amides is 2. The molecule has 0 spiro atoms. The van der Waals surface area contributed by atoms with Gasteiger partial charge in [-0.2, -0.15) is 0 Å². The molecule has 10 nitrogen and oxygen atoms in total. The molecule has 0 bridgehead atoms. The van der Waals surface area contributed by atoms with Crippen LogP contribution in [-0.4, -0.2) is 40.0 Å². The van der Waals surface area contributed by atoms with Crippen molar-refractivity contribution in [3.05, 3.63) is 79.7 Å². The molecule has 3 aromatic rings. The number of carbonyl (C=O) groups excluding carboxylic acids is 1. The van der Waals surface area contributed by atoms with Crippen LogP contribution >= 0.6 is 11.6 Å². The van der Waals surface area contributed by atoms with Crippen LogP contribution in [0.2, 0.25) is 5.02 Å². The van der Waals surface area contributed by atoms with Crippen LogP contribution < -0.4 is 25.7 Å². The molecule has 214 valence electrons.